The Morgan fingerprint density at radius 2 is 2.07 bits per heavy atom. The van der Waals surface area contributed by atoms with Gasteiger partial charge in [0.1, 0.15) is 5.15 Å². The van der Waals surface area contributed by atoms with Crippen LogP contribution in [0.1, 0.15) is 24.3 Å². The molecule has 0 bridgehead atoms. The molecule has 4 heteroatoms. The smallest absolute Gasteiger partial charge is 0.130 e. The van der Waals surface area contributed by atoms with Crippen molar-refractivity contribution in [2.45, 2.75) is 20.0 Å². The van der Waals surface area contributed by atoms with E-state index in [1.807, 2.05) is 19.1 Å². The highest BCUT2D eigenvalue weighted by molar-refractivity contribution is 6.29. The van der Waals surface area contributed by atoms with E-state index in [9.17, 15) is 5.11 Å². The molecule has 0 fully saturated rings. The molecule has 0 aromatic carbocycles. The van der Waals surface area contributed by atoms with Crippen molar-refractivity contribution in [2.24, 2.45) is 0 Å². The molecule has 0 aliphatic carbocycles. The van der Waals surface area contributed by atoms with Crippen LogP contribution in [0.5, 0.6) is 0 Å². The van der Waals surface area contributed by atoms with E-state index in [2.05, 4.69) is 9.97 Å². The highest BCUT2D eigenvalue weighted by Gasteiger charge is 2.10. The number of aryl methyl sites for hydroxylation is 1. The molecule has 1 unspecified atom stereocenters. The zero-order chi connectivity index (χ0) is 11.0. The molecular weight excluding hydrogens is 212 g/mol. The summed E-state index contributed by atoms with van der Waals surface area (Å²) < 4.78 is 0. The van der Waals surface area contributed by atoms with Gasteiger partial charge in [-0.1, -0.05) is 11.6 Å². The average Bonchev–Trinajstić information content (AvgIpc) is 2.17. The zero-order valence-electron chi connectivity index (χ0n) is 8.53. The van der Waals surface area contributed by atoms with Crippen LogP contribution in [-0.4, -0.2) is 15.1 Å². The van der Waals surface area contributed by atoms with Crippen molar-refractivity contribution in [1.29, 1.82) is 0 Å². The third-order valence-corrected chi connectivity index (χ3v) is 2.43. The second-order valence-electron chi connectivity index (χ2n) is 3.53. The highest BCUT2D eigenvalue weighted by Crippen LogP contribution is 2.24. The summed E-state index contributed by atoms with van der Waals surface area (Å²) in [6.07, 6.45) is -0.595. The summed E-state index contributed by atoms with van der Waals surface area (Å²) >= 11 is 5.86. The normalized spacial score (nSPS) is 13.1. The molecule has 2 aromatic heterocycles. The number of aliphatic hydroxyl groups is 1. The van der Waals surface area contributed by atoms with Crippen molar-refractivity contribution in [3.63, 3.8) is 0 Å². The lowest BCUT2D eigenvalue weighted by Crippen LogP contribution is -1.97. The van der Waals surface area contributed by atoms with E-state index < -0.39 is 6.10 Å². The quantitative estimate of drug-likeness (QED) is 0.755. The first-order valence-electron chi connectivity index (χ1n) is 4.70. The fourth-order valence-electron chi connectivity index (χ4n) is 1.51. The summed E-state index contributed by atoms with van der Waals surface area (Å²) in [5.74, 6) is 0. The second kappa shape index (κ2) is 3.76. The predicted octanol–water partition coefficient (Wildman–Crippen LogP) is 2.64. The molecule has 2 rings (SSSR count). The van der Waals surface area contributed by atoms with Crippen molar-refractivity contribution in [3.05, 3.63) is 34.6 Å². The second-order valence-corrected chi connectivity index (χ2v) is 3.92. The minimum absolute atomic E-state index is 0.379. The van der Waals surface area contributed by atoms with Crippen molar-refractivity contribution in [2.75, 3.05) is 0 Å². The molecule has 0 aliphatic rings. The number of pyridine rings is 2. The van der Waals surface area contributed by atoms with Gasteiger partial charge in [0.25, 0.3) is 0 Å². The molecule has 2 aromatic rings. The summed E-state index contributed by atoms with van der Waals surface area (Å²) in [6.45, 7) is 3.59. The van der Waals surface area contributed by atoms with Crippen LogP contribution in [-0.2, 0) is 0 Å². The third-order valence-electron chi connectivity index (χ3n) is 2.24. The average molecular weight is 223 g/mol. The molecule has 1 N–H and O–H groups in total. The van der Waals surface area contributed by atoms with Gasteiger partial charge in [-0.15, -0.1) is 0 Å². The lowest BCUT2D eigenvalue weighted by Gasteiger charge is -2.09. The molecule has 1 atom stereocenters. The standard InChI is InChI=1S/C11H11ClN2O/c1-6-3-4-9-11(13-6)8(7(2)15)5-10(12)14-9/h3-5,7,15H,1-2H3. The Hall–Kier alpha value is -1.19. The Bertz CT molecular complexity index is 511. The van der Waals surface area contributed by atoms with Gasteiger partial charge < -0.3 is 5.11 Å². The van der Waals surface area contributed by atoms with Crippen LogP contribution in [0.4, 0.5) is 0 Å². The summed E-state index contributed by atoms with van der Waals surface area (Å²) in [4.78, 5) is 8.51. The SMILES string of the molecule is Cc1ccc2nc(Cl)cc(C(C)O)c2n1. The number of fused-ring (bicyclic) bond motifs is 1. The minimum atomic E-state index is -0.595. The Morgan fingerprint density at radius 1 is 1.33 bits per heavy atom. The highest BCUT2D eigenvalue weighted by atomic mass is 35.5. The van der Waals surface area contributed by atoms with Gasteiger partial charge in [-0.05, 0) is 32.0 Å². The van der Waals surface area contributed by atoms with Gasteiger partial charge in [-0.25, -0.2) is 4.98 Å². The van der Waals surface area contributed by atoms with Crippen molar-refractivity contribution in [1.82, 2.24) is 9.97 Å². The molecule has 0 radical (unpaired) electrons. The number of aromatic nitrogens is 2. The molecule has 78 valence electrons. The zero-order valence-corrected chi connectivity index (χ0v) is 9.28. The van der Waals surface area contributed by atoms with E-state index >= 15 is 0 Å². The van der Waals surface area contributed by atoms with Crippen molar-refractivity contribution in [3.8, 4) is 0 Å². The number of rotatable bonds is 1. The molecule has 2 heterocycles. The summed E-state index contributed by atoms with van der Waals surface area (Å²) in [7, 11) is 0. The molecule has 0 saturated carbocycles. The number of hydrogen-bond donors (Lipinski definition) is 1. The van der Waals surface area contributed by atoms with E-state index in [0.29, 0.717) is 16.2 Å². The number of aliphatic hydroxyl groups excluding tert-OH is 1. The van der Waals surface area contributed by atoms with E-state index in [1.54, 1.807) is 13.0 Å². The maximum absolute atomic E-state index is 9.61. The summed E-state index contributed by atoms with van der Waals surface area (Å²) in [5, 5.41) is 9.99. The van der Waals surface area contributed by atoms with Crippen LogP contribution in [0.2, 0.25) is 5.15 Å². The molecular formula is C11H11ClN2O. The summed E-state index contributed by atoms with van der Waals surface area (Å²) in [5.41, 5.74) is 3.04. The first-order chi connectivity index (χ1) is 7.08. The van der Waals surface area contributed by atoms with Gasteiger partial charge in [0, 0.05) is 11.3 Å². The first kappa shape index (κ1) is 10.3. The Labute approximate surface area is 92.7 Å². The van der Waals surface area contributed by atoms with Gasteiger partial charge in [0.2, 0.25) is 0 Å². The Morgan fingerprint density at radius 3 is 2.73 bits per heavy atom. The van der Waals surface area contributed by atoms with E-state index in [1.165, 1.54) is 0 Å². The minimum Gasteiger partial charge on any atom is -0.389 e. The lowest BCUT2D eigenvalue weighted by molar-refractivity contribution is 0.200. The Kier molecular flexibility index (Phi) is 2.59. The molecule has 3 nitrogen and oxygen atoms in total. The molecule has 0 spiro atoms. The van der Waals surface area contributed by atoms with Crippen molar-refractivity contribution >= 4 is 22.6 Å². The molecule has 0 saturated heterocycles. The fraction of sp³-hybridized carbons (Fsp3) is 0.273. The van der Waals surface area contributed by atoms with Gasteiger partial charge in [0.15, 0.2) is 0 Å². The third kappa shape index (κ3) is 1.94. The van der Waals surface area contributed by atoms with Crippen LogP contribution in [0.25, 0.3) is 11.0 Å². The van der Waals surface area contributed by atoms with Crippen LogP contribution in [0.15, 0.2) is 18.2 Å². The predicted molar refractivity (Wildman–Crippen MR) is 59.9 cm³/mol. The van der Waals surface area contributed by atoms with Gasteiger partial charge >= 0.3 is 0 Å². The molecule has 0 amide bonds. The Balaban J connectivity index is 2.81. The molecule has 15 heavy (non-hydrogen) atoms. The van der Waals surface area contributed by atoms with E-state index in [4.69, 9.17) is 11.6 Å². The monoisotopic (exact) mass is 222 g/mol. The number of nitrogens with zero attached hydrogens (tertiary/aromatic N) is 2. The largest absolute Gasteiger partial charge is 0.389 e. The maximum atomic E-state index is 9.61. The van der Waals surface area contributed by atoms with Gasteiger partial charge in [0.05, 0.1) is 17.1 Å². The number of hydrogen-bond acceptors (Lipinski definition) is 3. The molecule has 0 aliphatic heterocycles. The lowest BCUT2D eigenvalue weighted by atomic mass is 10.1. The van der Waals surface area contributed by atoms with Gasteiger partial charge in [-0.3, -0.25) is 4.98 Å². The fourth-order valence-corrected chi connectivity index (χ4v) is 1.72. The first-order valence-corrected chi connectivity index (χ1v) is 5.07. The van der Waals surface area contributed by atoms with Crippen LogP contribution >= 0.6 is 11.6 Å². The van der Waals surface area contributed by atoms with Crippen LogP contribution < -0.4 is 0 Å². The maximum Gasteiger partial charge on any atom is 0.130 e. The van der Waals surface area contributed by atoms with Crippen LogP contribution in [0, 0.1) is 6.92 Å². The van der Waals surface area contributed by atoms with Crippen molar-refractivity contribution < 1.29 is 5.11 Å². The number of halogens is 1. The topological polar surface area (TPSA) is 46.0 Å². The summed E-state index contributed by atoms with van der Waals surface area (Å²) in [6, 6.07) is 5.38. The van der Waals surface area contributed by atoms with E-state index in [0.717, 1.165) is 11.2 Å². The van der Waals surface area contributed by atoms with Crippen LogP contribution in [0.3, 0.4) is 0 Å². The van der Waals surface area contributed by atoms with Gasteiger partial charge in [-0.2, -0.15) is 0 Å². The van der Waals surface area contributed by atoms with E-state index in [-0.39, 0.29) is 0 Å².